The van der Waals surface area contributed by atoms with Gasteiger partial charge in [-0.15, -0.1) is 0 Å². The van der Waals surface area contributed by atoms with Crippen LogP contribution in [-0.4, -0.2) is 28.2 Å². The van der Waals surface area contributed by atoms with Gasteiger partial charge in [-0.1, -0.05) is 23.7 Å². The molecule has 2 aromatic carbocycles. The first-order valence-corrected chi connectivity index (χ1v) is 11.8. The molecule has 172 valence electrons. The van der Waals surface area contributed by atoms with E-state index in [1.807, 2.05) is 24.4 Å². The fourth-order valence-corrected chi connectivity index (χ4v) is 5.67. The van der Waals surface area contributed by atoms with Gasteiger partial charge in [0.15, 0.2) is 0 Å². The van der Waals surface area contributed by atoms with Crippen molar-refractivity contribution in [3.63, 3.8) is 0 Å². The molecule has 1 spiro atoms. The standard InChI is InChI=1S/C26H27ClFN3O2/c1-16(25(31-32)30-20-5-2-18(27)3-6-20)23-15-33-26(23)11-8-17(9-12-26)21-10-13-29-24-7-4-19(28)14-22(21)24/h2-7,10,13-14,16-17,23,32H,8-9,11-12,15H2,1H3,(H,30,31). The van der Waals surface area contributed by atoms with Crippen LogP contribution in [0.4, 0.5) is 10.1 Å². The summed E-state index contributed by atoms with van der Waals surface area (Å²) in [6, 6.07) is 14.1. The Balaban J connectivity index is 1.29. The van der Waals surface area contributed by atoms with E-state index in [-0.39, 0.29) is 23.3 Å². The number of pyridine rings is 1. The molecule has 1 aliphatic heterocycles. The predicted octanol–water partition coefficient (Wildman–Crippen LogP) is 6.61. The number of hydrogen-bond donors (Lipinski definition) is 2. The van der Waals surface area contributed by atoms with Gasteiger partial charge in [0, 0.05) is 34.1 Å². The zero-order valence-corrected chi connectivity index (χ0v) is 19.2. The summed E-state index contributed by atoms with van der Waals surface area (Å²) in [7, 11) is 0. The van der Waals surface area contributed by atoms with Crippen LogP contribution in [0.15, 0.2) is 59.9 Å². The van der Waals surface area contributed by atoms with E-state index in [9.17, 15) is 9.60 Å². The van der Waals surface area contributed by atoms with Crippen molar-refractivity contribution in [2.75, 3.05) is 11.9 Å². The number of hydrogen-bond acceptors (Lipinski definition) is 4. The number of nitrogens with one attached hydrogen (secondary N) is 1. The molecule has 1 saturated carbocycles. The number of anilines is 1. The summed E-state index contributed by atoms with van der Waals surface area (Å²) in [6.07, 6.45) is 5.60. The molecule has 2 fully saturated rings. The van der Waals surface area contributed by atoms with Crippen molar-refractivity contribution in [2.45, 2.75) is 44.1 Å². The van der Waals surface area contributed by atoms with Crippen molar-refractivity contribution in [3.05, 3.63) is 71.1 Å². The lowest BCUT2D eigenvalue weighted by Gasteiger charge is -2.55. The van der Waals surface area contributed by atoms with Gasteiger partial charge in [0.05, 0.1) is 17.7 Å². The molecule has 0 amide bonds. The van der Waals surface area contributed by atoms with Gasteiger partial charge in [0.25, 0.3) is 0 Å². The highest BCUT2D eigenvalue weighted by atomic mass is 35.5. The summed E-state index contributed by atoms with van der Waals surface area (Å²) < 4.78 is 20.1. The lowest BCUT2D eigenvalue weighted by molar-refractivity contribution is -0.229. The number of halogens is 2. The third-order valence-corrected chi connectivity index (χ3v) is 7.75. The Morgan fingerprint density at radius 3 is 2.64 bits per heavy atom. The number of aromatic nitrogens is 1. The number of nitrogens with zero attached hydrogens (tertiary/aromatic N) is 2. The van der Waals surface area contributed by atoms with E-state index < -0.39 is 0 Å². The summed E-state index contributed by atoms with van der Waals surface area (Å²) in [5.41, 5.74) is 2.62. The summed E-state index contributed by atoms with van der Waals surface area (Å²) in [4.78, 5) is 4.39. The minimum absolute atomic E-state index is 0.00632. The topological polar surface area (TPSA) is 66.7 Å². The normalized spacial score (nSPS) is 26.2. The maximum atomic E-state index is 13.9. The highest BCUT2D eigenvalue weighted by Crippen LogP contribution is 2.51. The maximum Gasteiger partial charge on any atom is 0.149 e. The van der Waals surface area contributed by atoms with Crippen molar-refractivity contribution in [1.29, 1.82) is 0 Å². The van der Waals surface area contributed by atoms with Crippen LogP contribution in [0.2, 0.25) is 5.02 Å². The molecule has 2 atom stereocenters. The molecule has 1 saturated heterocycles. The number of ether oxygens (including phenoxy) is 1. The second-order valence-corrected chi connectivity index (χ2v) is 9.66. The third-order valence-electron chi connectivity index (χ3n) is 7.49. The van der Waals surface area contributed by atoms with E-state index in [1.165, 1.54) is 11.6 Å². The molecular weight excluding hydrogens is 441 g/mol. The molecule has 7 heteroatoms. The molecule has 33 heavy (non-hydrogen) atoms. The van der Waals surface area contributed by atoms with Gasteiger partial charge in [0.2, 0.25) is 0 Å². The van der Waals surface area contributed by atoms with Gasteiger partial charge in [-0.3, -0.25) is 4.98 Å². The first kappa shape index (κ1) is 22.1. The van der Waals surface area contributed by atoms with E-state index >= 15 is 0 Å². The van der Waals surface area contributed by atoms with E-state index in [0.29, 0.717) is 23.4 Å². The predicted molar refractivity (Wildman–Crippen MR) is 129 cm³/mol. The fourth-order valence-electron chi connectivity index (χ4n) is 5.55. The lowest BCUT2D eigenvalue weighted by atomic mass is 9.64. The first-order valence-electron chi connectivity index (χ1n) is 11.4. The molecule has 2 heterocycles. The van der Waals surface area contributed by atoms with Crippen molar-refractivity contribution in [3.8, 4) is 0 Å². The summed E-state index contributed by atoms with van der Waals surface area (Å²) >= 11 is 5.97. The van der Waals surface area contributed by atoms with Crippen molar-refractivity contribution < 1.29 is 14.3 Å². The van der Waals surface area contributed by atoms with Crippen LogP contribution in [-0.2, 0) is 4.74 Å². The van der Waals surface area contributed by atoms with E-state index in [2.05, 4.69) is 22.4 Å². The Morgan fingerprint density at radius 2 is 1.97 bits per heavy atom. The van der Waals surface area contributed by atoms with Crippen molar-refractivity contribution >= 4 is 34.0 Å². The molecule has 5 rings (SSSR count). The van der Waals surface area contributed by atoms with Crippen LogP contribution in [0.3, 0.4) is 0 Å². The minimum atomic E-state index is -0.232. The van der Waals surface area contributed by atoms with Crippen LogP contribution in [0.5, 0.6) is 0 Å². The number of oxime groups is 1. The van der Waals surface area contributed by atoms with Gasteiger partial charge < -0.3 is 15.3 Å². The Labute approximate surface area is 197 Å². The monoisotopic (exact) mass is 467 g/mol. The van der Waals surface area contributed by atoms with Gasteiger partial charge in [0.1, 0.15) is 11.7 Å². The summed E-state index contributed by atoms with van der Waals surface area (Å²) in [6.45, 7) is 2.73. The molecule has 3 aromatic rings. The van der Waals surface area contributed by atoms with Gasteiger partial charge in [-0.25, -0.2) is 4.39 Å². The second kappa shape index (κ2) is 8.92. The zero-order chi connectivity index (χ0) is 23.0. The quantitative estimate of drug-likeness (QED) is 0.196. The molecule has 0 bridgehead atoms. The van der Waals surface area contributed by atoms with Crippen LogP contribution in [0.25, 0.3) is 10.9 Å². The highest BCUT2D eigenvalue weighted by Gasteiger charge is 2.53. The third kappa shape index (κ3) is 4.18. The molecule has 2 N–H and O–H groups in total. The Hall–Kier alpha value is -2.70. The number of rotatable bonds is 4. The van der Waals surface area contributed by atoms with Crippen molar-refractivity contribution in [1.82, 2.24) is 4.98 Å². The number of fused-ring (bicyclic) bond motifs is 1. The molecule has 1 aromatic heterocycles. The lowest BCUT2D eigenvalue weighted by Crippen LogP contribution is -2.59. The zero-order valence-electron chi connectivity index (χ0n) is 18.5. The van der Waals surface area contributed by atoms with E-state index in [0.717, 1.165) is 42.3 Å². The first-order chi connectivity index (χ1) is 16.0. The molecular formula is C26H27ClFN3O2. The van der Waals surface area contributed by atoms with E-state index in [1.54, 1.807) is 24.3 Å². The SMILES string of the molecule is CC(/C(=N/O)Nc1ccc(Cl)cc1)C1COC12CCC(c1ccnc3ccc(F)cc13)CC2. The molecule has 2 aliphatic rings. The fraction of sp³-hybridized carbons (Fsp3) is 0.385. The van der Waals surface area contributed by atoms with Gasteiger partial charge >= 0.3 is 0 Å². The average Bonchev–Trinajstić information content (AvgIpc) is 2.82. The van der Waals surface area contributed by atoms with Crippen LogP contribution < -0.4 is 5.32 Å². The maximum absolute atomic E-state index is 13.9. The second-order valence-electron chi connectivity index (χ2n) is 9.22. The molecule has 0 radical (unpaired) electrons. The smallest absolute Gasteiger partial charge is 0.149 e. The largest absolute Gasteiger partial charge is 0.409 e. The average molecular weight is 468 g/mol. The molecule has 5 nitrogen and oxygen atoms in total. The van der Waals surface area contributed by atoms with Crippen LogP contribution >= 0.6 is 11.6 Å². The molecule has 2 unspecified atom stereocenters. The van der Waals surface area contributed by atoms with Gasteiger partial charge in [-0.2, -0.15) is 0 Å². The summed E-state index contributed by atoms with van der Waals surface area (Å²) in [5, 5.41) is 18.1. The van der Waals surface area contributed by atoms with Gasteiger partial charge in [-0.05, 0) is 85.7 Å². The number of amidine groups is 1. The number of benzene rings is 2. The van der Waals surface area contributed by atoms with Crippen LogP contribution in [0.1, 0.15) is 44.1 Å². The minimum Gasteiger partial charge on any atom is -0.409 e. The van der Waals surface area contributed by atoms with Crippen molar-refractivity contribution in [2.24, 2.45) is 17.0 Å². The summed E-state index contributed by atoms with van der Waals surface area (Å²) in [5.74, 6) is 0.913. The Kier molecular flexibility index (Phi) is 5.97. The van der Waals surface area contributed by atoms with E-state index in [4.69, 9.17) is 16.3 Å². The molecule has 1 aliphatic carbocycles. The van der Waals surface area contributed by atoms with Crippen LogP contribution in [0, 0.1) is 17.7 Å². The Morgan fingerprint density at radius 1 is 1.21 bits per heavy atom. The Bertz CT molecular complexity index is 1180. The highest BCUT2D eigenvalue weighted by molar-refractivity contribution is 6.30.